The molecule has 0 aliphatic carbocycles. The maximum absolute atomic E-state index is 6.21. The van der Waals surface area contributed by atoms with Crippen LogP contribution in [0.4, 0.5) is 5.69 Å². The van der Waals surface area contributed by atoms with Crippen molar-refractivity contribution in [3.63, 3.8) is 0 Å². The standard InChI is InChI=1S/C23H28ClN3S/c1-16-5-7-18(28-22-15-25-20-8-6-17(24)13-19(20)22)14-21(16)26-9-11-27(12-10-26)23(2,3)4/h5-8,13-15,25H,9-12H2,1-4H3. The molecule has 3 nitrogen and oxygen atoms in total. The molecule has 2 aromatic carbocycles. The number of aromatic nitrogens is 1. The molecule has 0 spiro atoms. The van der Waals surface area contributed by atoms with Crippen LogP contribution in [0.5, 0.6) is 0 Å². The molecule has 3 aromatic rings. The fourth-order valence-electron chi connectivity index (χ4n) is 3.89. The Labute approximate surface area is 177 Å². The lowest BCUT2D eigenvalue weighted by Crippen LogP contribution is -2.53. The van der Waals surface area contributed by atoms with E-state index in [-0.39, 0.29) is 5.54 Å². The molecular weight excluding hydrogens is 386 g/mol. The number of fused-ring (bicyclic) bond motifs is 1. The molecule has 0 atom stereocenters. The van der Waals surface area contributed by atoms with Gasteiger partial charge in [-0.25, -0.2) is 0 Å². The lowest BCUT2D eigenvalue weighted by Gasteiger charge is -2.43. The van der Waals surface area contributed by atoms with Crippen molar-refractivity contribution < 1.29 is 0 Å². The number of halogens is 1. The van der Waals surface area contributed by atoms with Crippen LogP contribution in [0.15, 0.2) is 52.4 Å². The van der Waals surface area contributed by atoms with Crippen molar-refractivity contribution in [2.24, 2.45) is 0 Å². The van der Waals surface area contributed by atoms with Gasteiger partial charge in [-0.3, -0.25) is 4.90 Å². The third kappa shape index (κ3) is 4.05. The van der Waals surface area contributed by atoms with E-state index < -0.39 is 0 Å². The summed E-state index contributed by atoms with van der Waals surface area (Å²) in [5.41, 5.74) is 4.07. The number of hydrogen-bond acceptors (Lipinski definition) is 3. The van der Waals surface area contributed by atoms with Crippen LogP contribution in [0.25, 0.3) is 10.9 Å². The Kier molecular flexibility index (Phi) is 5.38. The zero-order valence-corrected chi connectivity index (χ0v) is 18.6. The molecule has 1 aliphatic rings. The Balaban J connectivity index is 1.55. The van der Waals surface area contributed by atoms with Gasteiger partial charge in [0.2, 0.25) is 0 Å². The summed E-state index contributed by atoms with van der Waals surface area (Å²) in [6.07, 6.45) is 2.08. The molecule has 0 unspecified atom stereocenters. The molecule has 0 saturated carbocycles. The fourth-order valence-corrected chi connectivity index (χ4v) is 5.02. The Morgan fingerprint density at radius 1 is 1.00 bits per heavy atom. The Morgan fingerprint density at radius 3 is 2.46 bits per heavy atom. The van der Waals surface area contributed by atoms with E-state index in [1.165, 1.54) is 26.4 Å². The Bertz CT molecular complexity index is 981. The van der Waals surface area contributed by atoms with Crippen LogP contribution in [0.1, 0.15) is 26.3 Å². The normalized spacial score (nSPS) is 16.1. The molecule has 148 valence electrons. The zero-order valence-electron chi connectivity index (χ0n) is 17.1. The third-order valence-electron chi connectivity index (χ3n) is 5.58. The highest BCUT2D eigenvalue weighted by Crippen LogP contribution is 2.37. The van der Waals surface area contributed by atoms with Crippen LogP contribution in [0, 0.1) is 6.92 Å². The molecule has 1 aromatic heterocycles. The van der Waals surface area contributed by atoms with Crippen molar-refractivity contribution in [3.05, 3.63) is 53.2 Å². The lowest BCUT2D eigenvalue weighted by molar-refractivity contribution is 0.128. The minimum Gasteiger partial charge on any atom is -0.369 e. The van der Waals surface area contributed by atoms with E-state index in [0.717, 1.165) is 36.7 Å². The topological polar surface area (TPSA) is 22.3 Å². The molecule has 28 heavy (non-hydrogen) atoms. The maximum atomic E-state index is 6.21. The predicted octanol–water partition coefficient (Wildman–Crippen LogP) is 6.20. The van der Waals surface area contributed by atoms with E-state index in [1.54, 1.807) is 11.8 Å². The number of rotatable bonds is 3. The summed E-state index contributed by atoms with van der Waals surface area (Å²) in [6, 6.07) is 12.8. The molecule has 0 amide bonds. The van der Waals surface area contributed by atoms with Crippen LogP contribution >= 0.6 is 23.4 Å². The quantitative estimate of drug-likeness (QED) is 0.552. The Hall–Kier alpha value is -1.62. The van der Waals surface area contributed by atoms with Gasteiger partial charge in [0.1, 0.15) is 0 Å². The molecule has 1 N–H and O–H groups in total. The summed E-state index contributed by atoms with van der Waals surface area (Å²) >= 11 is 8.01. The summed E-state index contributed by atoms with van der Waals surface area (Å²) in [7, 11) is 0. The van der Waals surface area contributed by atoms with Gasteiger partial charge < -0.3 is 9.88 Å². The fraction of sp³-hybridized carbons (Fsp3) is 0.391. The molecule has 1 aliphatic heterocycles. The number of H-pyrrole nitrogens is 1. The zero-order chi connectivity index (χ0) is 19.9. The lowest BCUT2D eigenvalue weighted by atomic mass is 10.0. The number of nitrogens with one attached hydrogen (secondary N) is 1. The summed E-state index contributed by atoms with van der Waals surface area (Å²) < 4.78 is 0. The van der Waals surface area contributed by atoms with Gasteiger partial charge in [0.25, 0.3) is 0 Å². The average molecular weight is 414 g/mol. The van der Waals surface area contributed by atoms with Gasteiger partial charge in [0.15, 0.2) is 0 Å². The molecule has 0 radical (unpaired) electrons. The SMILES string of the molecule is Cc1ccc(Sc2c[nH]c3ccc(Cl)cc23)cc1N1CCN(C(C)(C)C)CC1. The number of aryl methyl sites for hydroxylation is 1. The molecule has 1 saturated heterocycles. The summed E-state index contributed by atoms with van der Waals surface area (Å²) in [5, 5.41) is 1.95. The van der Waals surface area contributed by atoms with Crippen molar-refractivity contribution in [1.82, 2.24) is 9.88 Å². The third-order valence-corrected chi connectivity index (χ3v) is 6.87. The summed E-state index contributed by atoms with van der Waals surface area (Å²) in [6.45, 7) is 13.5. The van der Waals surface area contributed by atoms with Crippen molar-refractivity contribution in [3.8, 4) is 0 Å². The first kappa shape index (κ1) is 19.7. The van der Waals surface area contributed by atoms with Crippen molar-refractivity contribution in [2.75, 3.05) is 31.1 Å². The molecule has 2 heterocycles. The van der Waals surface area contributed by atoms with E-state index in [2.05, 4.69) is 66.9 Å². The van der Waals surface area contributed by atoms with Crippen LogP contribution in [0.3, 0.4) is 0 Å². The van der Waals surface area contributed by atoms with Crippen LogP contribution in [-0.4, -0.2) is 41.6 Å². The van der Waals surface area contributed by atoms with Gasteiger partial charge in [-0.1, -0.05) is 29.4 Å². The molecule has 1 fully saturated rings. The monoisotopic (exact) mass is 413 g/mol. The summed E-state index contributed by atoms with van der Waals surface area (Å²) in [4.78, 5) is 10.9. The first-order valence-electron chi connectivity index (χ1n) is 9.86. The van der Waals surface area contributed by atoms with Gasteiger partial charge in [0, 0.05) is 69.3 Å². The van der Waals surface area contributed by atoms with Gasteiger partial charge in [-0.2, -0.15) is 0 Å². The molecule has 4 rings (SSSR count). The van der Waals surface area contributed by atoms with Gasteiger partial charge in [-0.05, 0) is 63.6 Å². The molecule has 0 bridgehead atoms. The van der Waals surface area contributed by atoms with Crippen molar-refractivity contribution >= 4 is 40.0 Å². The molecular formula is C23H28ClN3S. The van der Waals surface area contributed by atoms with Gasteiger partial charge >= 0.3 is 0 Å². The number of piperazine rings is 1. The van der Waals surface area contributed by atoms with E-state index in [4.69, 9.17) is 11.6 Å². The highest BCUT2D eigenvalue weighted by atomic mass is 35.5. The maximum Gasteiger partial charge on any atom is 0.0466 e. The van der Waals surface area contributed by atoms with E-state index in [1.807, 2.05) is 18.2 Å². The highest BCUT2D eigenvalue weighted by Gasteiger charge is 2.26. The smallest absolute Gasteiger partial charge is 0.0466 e. The second-order valence-corrected chi connectivity index (χ2v) is 10.1. The number of benzene rings is 2. The highest BCUT2D eigenvalue weighted by molar-refractivity contribution is 7.99. The minimum atomic E-state index is 0.245. The first-order valence-corrected chi connectivity index (χ1v) is 11.1. The van der Waals surface area contributed by atoms with Gasteiger partial charge in [0.05, 0.1) is 0 Å². The number of anilines is 1. The summed E-state index contributed by atoms with van der Waals surface area (Å²) in [5.74, 6) is 0. The predicted molar refractivity (Wildman–Crippen MR) is 122 cm³/mol. The number of hydrogen-bond donors (Lipinski definition) is 1. The van der Waals surface area contributed by atoms with Crippen LogP contribution < -0.4 is 4.90 Å². The van der Waals surface area contributed by atoms with Crippen molar-refractivity contribution in [1.29, 1.82) is 0 Å². The van der Waals surface area contributed by atoms with E-state index in [9.17, 15) is 0 Å². The van der Waals surface area contributed by atoms with Crippen LogP contribution in [0.2, 0.25) is 5.02 Å². The number of nitrogens with zero attached hydrogens (tertiary/aromatic N) is 2. The van der Waals surface area contributed by atoms with Crippen molar-refractivity contribution in [2.45, 2.75) is 43.0 Å². The van der Waals surface area contributed by atoms with E-state index in [0.29, 0.717) is 0 Å². The average Bonchev–Trinajstić information content (AvgIpc) is 3.04. The van der Waals surface area contributed by atoms with E-state index >= 15 is 0 Å². The Morgan fingerprint density at radius 2 is 1.75 bits per heavy atom. The second-order valence-electron chi connectivity index (χ2n) is 8.54. The van der Waals surface area contributed by atoms with Gasteiger partial charge in [-0.15, -0.1) is 0 Å². The minimum absolute atomic E-state index is 0.245. The number of aromatic amines is 1. The first-order chi connectivity index (χ1) is 13.3. The second kappa shape index (κ2) is 7.66. The molecule has 5 heteroatoms. The van der Waals surface area contributed by atoms with Crippen LogP contribution in [-0.2, 0) is 0 Å². The largest absolute Gasteiger partial charge is 0.369 e.